The second-order valence-electron chi connectivity index (χ2n) is 4.43. The summed E-state index contributed by atoms with van der Waals surface area (Å²) < 4.78 is 0. The lowest BCUT2D eigenvalue weighted by Gasteiger charge is -2.08. The molecule has 0 aliphatic carbocycles. The Morgan fingerprint density at radius 1 is 1.18 bits per heavy atom. The molecular weight excluding hydrogens is 214 g/mol. The molecule has 17 heavy (non-hydrogen) atoms. The molecule has 2 rings (SSSR count). The van der Waals surface area contributed by atoms with Crippen molar-refractivity contribution in [2.75, 3.05) is 13.1 Å². The van der Waals surface area contributed by atoms with Crippen LogP contribution in [0.1, 0.15) is 19.4 Å². The van der Waals surface area contributed by atoms with Crippen LogP contribution in [0.5, 0.6) is 0 Å². The minimum atomic E-state index is 0.545. The number of benzene rings is 1. The van der Waals surface area contributed by atoms with Crippen molar-refractivity contribution < 1.29 is 0 Å². The monoisotopic (exact) mass is 233 g/mol. The van der Waals surface area contributed by atoms with Gasteiger partial charge in [0.2, 0.25) is 0 Å². The standard InChI is InChI=1S/C12H19N5/c1-9(2)14-6-5-13-8-10-3-4-11-12(7-10)16-17-15-11/h3-4,7,9,13-14H,5-6,8H2,1-2H3,(H,15,16,17). The molecule has 1 aromatic heterocycles. The molecule has 3 N–H and O–H groups in total. The largest absolute Gasteiger partial charge is 0.313 e. The van der Waals surface area contributed by atoms with E-state index in [4.69, 9.17) is 0 Å². The lowest BCUT2D eigenvalue weighted by molar-refractivity contribution is 0.556. The third kappa shape index (κ3) is 3.51. The first-order valence-corrected chi connectivity index (χ1v) is 5.99. The SMILES string of the molecule is CC(C)NCCNCc1ccc2n[nH]nc2c1. The van der Waals surface area contributed by atoms with Gasteiger partial charge in [0.05, 0.1) is 0 Å². The highest BCUT2D eigenvalue weighted by Crippen LogP contribution is 2.09. The second kappa shape index (κ2) is 5.75. The number of H-pyrrole nitrogens is 1. The van der Waals surface area contributed by atoms with Crippen LogP contribution in [0.3, 0.4) is 0 Å². The van der Waals surface area contributed by atoms with Crippen LogP contribution in [0.2, 0.25) is 0 Å². The fourth-order valence-electron chi connectivity index (χ4n) is 1.68. The molecule has 0 amide bonds. The zero-order valence-electron chi connectivity index (χ0n) is 10.3. The van der Waals surface area contributed by atoms with Gasteiger partial charge in [0.25, 0.3) is 0 Å². The highest BCUT2D eigenvalue weighted by Gasteiger charge is 1.99. The number of aromatic nitrogens is 3. The molecule has 5 heteroatoms. The van der Waals surface area contributed by atoms with Crippen LogP contribution in [-0.4, -0.2) is 34.5 Å². The predicted molar refractivity (Wildman–Crippen MR) is 68.7 cm³/mol. The van der Waals surface area contributed by atoms with E-state index in [1.54, 1.807) is 0 Å². The molecule has 0 unspecified atom stereocenters. The average Bonchev–Trinajstić information content (AvgIpc) is 2.75. The van der Waals surface area contributed by atoms with E-state index in [1.807, 2.05) is 6.07 Å². The number of nitrogens with one attached hydrogen (secondary N) is 3. The smallest absolute Gasteiger partial charge is 0.113 e. The number of aromatic amines is 1. The maximum absolute atomic E-state index is 4.07. The Bertz CT molecular complexity index is 463. The van der Waals surface area contributed by atoms with Gasteiger partial charge in [-0.1, -0.05) is 19.9 Å². The van der Waals surface area contributed by atoms with E-state index in [0.717, 1.165) is 30.7 Å². The third-order valence-corrected chi connectivity index (χ3v) is 2.56. The number of rotatable bonds is 6. The summed E-state index contributed by atoms with van der Waals surface area (Å²) in [5.41, 5.74) is 3.07. The van der Waals surface area contributed by atoms with Gasteiger partial charge in [-0.3, -0.25) is 0 Å². The van der Waals surface area contributed by atoms with Crippen molar-refractivity contribution >= 4 is 11.0 Å². The second-order valence-corrected chi connectivity index (χ2v) is 4.43. The van der Waals surface area contributed by atoms with Gasteiger partial charge in [0.1, 0.15) is 11.0 Å². The van der Waals surface area contributed by atoms with Crippen molar-refractivity contribution in [1.29, 1.82) is 0 Å². The van der Waals surface area contributed by atoms with Crippen molar-refractivity contribution in [2.24, 2.45) is 0 Å². The first-order chi connectivity index (χ1) is 8.25. The molecule has 0 aliphatic heterocycles. The normalized spacial score (nSPS) is 11.5. The van der Waals surface area contributed by atoms with E-state index in [9.17, 15) is 0 Å². The molecule has 0 fully saturated rings. The molecule has 5 nitrogen and oxygen atoms in total. The quantitative estimate of drug-likeness (QED) is 0.652. The summed E-state index contributed by atoms with van der Waals surface area (Å²) in [6.07, 6.45) is 0. The summed E-state index contributed by atoms with van der Waals surface area (Å²) >= 11 is 0. The highest BCUT2D eigenvalue weighted by molar-refractivity contribution is 5.74. The van der Waals surface area contributed by atoms with E-state index in [1.165, 1.54) is 5.56 Å². The van der Waals surface area contributed by atoms with Gasteiger partial charge < -0.3 is 10.6 Å². The van der Waals surface area contributed by atoms with Crippen LogP contribution in [0.15, 0.2) is 18.2 Å². The Balaban J connectivity index is 1.78. The van der Waals surface area contributed by atoms with E-state index in [0.29, 0.717) is 6.04 Å². The summed E-state index contributed by atoms with van der Waals surface area (Å²) in [6.45, 7) is 7.12. The molecule has 0 saturated heterocycles. The average molecular weight is 233 g/mol. The zero-order chi connectivity index (χ0) is 12.1. The fraction of sp³-hybridized carbons (Fsp3) is 0.500. The Morgan fingerprint density at radius 3 is 2.82 bits per heavy atom. The molecule has 0 radical (unpaired) electrons. The number of fused-ring (bicyclic) bond motifs is 1. The maximum Gasteiger partial charge on any atom is 0.113 e. The molecule has 0 bridgehead atoms. The fourth-order valence-corrected chi connectivity index (χ4v) is 1.68. The minimum absolute atomic E-state index is 0.545. The molecule has 0 spiro atoms. The number of hydrogen-bond donors (Lipinski definition) is 3. The first kappa shape index (κ1) is 12.0. The predicted octanol–water partition coefficient (Wildman–Crippen LogP) is 1.05. The molecule has 2 aromatic rings. The van der Waals surface area contributed by atoms with Crippen LogP contribution in [0, 0.1) is 0 Å². The molecule has 0 aliphatic rings. The van der Waals surface area contributed by atoms with Gasteiger partial charge in [-0.05, 0) is 17.7 Å². The molecule has 92 valence electrons. The Kier molecular flexibility index (Phi) is 4.06. The van der Waals surface area contributed by atoms with E-state index in [2.05, 4.69) is 52.0 Å². The van der Waals surface area contributed by atoms with E-state index < -0.39 is 0 Å². The zero-order valence-corrected chi connectivity index (χ0v) is 10.3. The Hall–Kier alpha value is -1.46. The van der Waals surface area contributed by atoms with Crippen molar-refractivity contribution in [1.82, 2.24) is 26.0 Å². The van der Waals surface area contributed by atoms with Crippen molar-refractivity contribution in [2.45, 2.75) is 26.4 Å². The van der Waals surface area contributed by atoms with Crippen LogP contribution < -0.4 is 10.6 Å². The maximum atomic E-state index is 4.07. The Labute approximate surface area is 101 Å². The first-order valence-electron chi connectivity index (χ1n) is 5.99. The van der Waals surface area contributed by atoms with Crippen LogP contribution in [0.4, 0.5) is 0 Å². The summed E-state index contributed by atoms with van der Waals surface area (Å²) in [7, 11) is 0. The van der Waals surface area contributed by atoms with Gasteiger partial charge in [0, 0.05) is 25.7 Å². The molecule has 1 heterocycles. The van der Waals surface area contributed by atoms with Gasteiger partial charge >= 0.3 is 0 Å². The van der Waals surface area contributed by atoms with Crippen molar-refractivity contribution in [3.8, 4) is 0 Å². The molecule has 0 saturated carbocycles. The van der Waals surface area contributed by atoms with E-state index >= 15 is 0 Å². The molecule has 1 aromatic carbocycles. The molecule has 0 atom stereocenters. The van der Waals surface area contributed by atoms with Gasteiger partial charge in [-0.15, -0.1) is 0 Å². The molecular formula is C12H19N5. The van der Waals surface area contributed by atoms with Crippen LogP contribution in [-0.2, 0) is 6.54 Å². The van der Waals surface area contributed by atoms with E-state index in [-0.39, 0.29) is 0 Å². The summed E-state index contributed by atoms with van der Waals surface area (Å²) in [6, 6.07) is 6.67. The van der Waals surface area contributed by atoms with Crippen molar-refractivity contribution in [3.63, 3.8) is 0 Å². The van der Waals surface area contributed by atoms with Gasteiger partial charge in [-0.25, -0.2) is 0 Å². The highest BCUT2D eigenvalue weighted by atomic mass is 15.3. The van der Waals surface area contributed by atoms with Gasteiger partial charge in [-0.2, -0.15) is 15.4 Å². The summed E-state index contributed by atoms with van der Waals surface area (Å²) in [4.78, 5) is 0. The number of nitrogens with zero attached hydrogens (tertiary/aromatic N) is 2. The minimum Gasteiger partial charge on any atom is -0.313 e. The lowest BCUT2D eigenvalue weighted by Crippen LogP contribution is -2.31. The van der Waals surface area contributed by atoms with Crippen LogP contribution in [0.25, 0.3) is 11.0 Å². The van der Waals surface area contributed by atoms with Crippen molar-refractivity contribution in [3.05, 3.63) is 23.8 Å². The summed E-state index contributed by atoms with van der Waals surface area (Å²) in [5, 5.41) is 17.5. The lowest BCUT2D eigenvalue weighted by atomic mass is 10.2. The van der Waals surface area contributed by atoms with Gasteiger partial charge in [0.15, 0.2) is 0 Å². The van der Waals surface area contributed by atoms with Crippen LogP contribution >= 0.6 is 0 Å². The topological polar surface area (TPSA) is 65.6 Å². The summed E-state index contributed by atoms with van der Waals surface area (Å²) in [5.74, 6) is 0. The Morgan fingerprint density at radius 2 is 2.00 bits per heavy atom. The number of hydrogen-bond acceptors (Lipinski definition) is 4. The third-order valence-electron chi connectivity index (χ3n) is 2.56.